The van der Waals surface area contributed by atoms with Gasteiger partial charge in [-0.2, -0.15) is 0 Å². The third-order valence-electron chi connectivity index (χ3n) is 3.52. The number of carbonyl (C=O) groups is 2. The summed E-state index contributed by atoms with van der Waals surface area (Å²) in [5, 5.41) is 20.3. The van der Waals surface area contributed by atoms with Crippen LogP contribution in [0, 0.1) is 5.41 Å². The molecule has 0 heterocycles. The van der Waals surface area contributed by atoms with Crippen LogP contribution in [-0.4, -0.2) is 22.2 Å². The summed E-state index contributed by atoms with van der Waals surface area (Å²) < 4.78 is 0. The van der Waals surface area contributed by atoms with Gasteiger partial charge in [-0.3, -0.25) is 9.59 Å². The van der Waals surface area contributed by atoms with Crippen molar-refractivity contribution in [1.29, 1.82) is 0 Å². The van der Waals surface area contributed by atoms with E-state index >= 15 is 0 Å². The van der Waals surface area contributed by atoms with Crippen LogP contribution >= 0.6 is 0 Å². The molecular weight excluding hydrogens is 256 g/mol. The highest BCUT2D eigenvalue weighted by atomic mass is 16.4. The maximum Gasteiger partial charge on any atom is 0.310 e. The normalized spacial score (nSPS) is 13.8. The molecule has 2 rings (SSSR count). The average molecular weight is 272 g/mol. The highest BCUT2D eigenvalue weighted by Crippen LogP contribution is 2.30. The van der Waals surface area contributed by atoms with Crippen LogP contribution in [0.15, 0.2) is 42.5 Å². The molecule has 0 radical (unpaired) electrons. The van der Waals surface area contributed by atoms with Crippen LogP contribution in [0.25, 0.3) is 10.8 Å². The van der Waals surface area contributed by atoms with Crippen molar-refractivity contribution in [3.63, 3.8) is 0 Å². The molecule has 0 spiro atoms. The van der Waals surface area contributed by atoms with Crippen LogP contribution in [0.5, 0.6) is 0 Å². The maximum atomic E-state index is 11.4. The minimum Gasteiger partial charge on any atom is -0.481 e. The van der Waals surface area contributed by atoms with Gasteiger partial charge < -0.3 is 10.2 Å². The standard InChI is InChI=1S/C16H16O4/c1-16(15(19)20,10-14(17)18)9-12-7-4-6-11-5-2-3-8-13(11)12/h2-8H,9-10H2,1H3,(H,17,18)(H,19,20). The van der Waals surface area contributed by atoms with Crippen LogP contribution in [-0.2, 0) is 16.0 Å². The van der Waals surface area contributed by atoms with Gasteiger partial charge in [-0.1, -0.05) is 42.5 Å². The van der Waals surface area contributed by atoms with Crippen molar-refractivity contribution in [3.05, 3.63) is 48.0 Å². The molecule has 4 nitrogen and oxygen atoms in total. The molecule has 20 heavy (non-hydrogen) atoms. The molecule has 1 unspecified atom stereocenters. The number of fused-ring (bicyclic) bond motifs is 1. The lowest BCUT2D eigenvalue weighted by Gasteiger charge is -2.23. The van der Waals surface area contributed by atoms with Gasteiger partial charge in [0.2, 0.25) is 0 Å². The van der Waals surface area contributed by atoms with E-state index in [2.05, 4.69) is 0 Å². The van der Waals surface area contributed by atoms with E-state index < -0.39 is 23.8 Å². The Morgan fingerprint density at radius 3 is 2.35 bits per heavy atom. The van der Waals surface area contributed by atoms with Crippen LogP contribution in [0.3, 0.4) is 0 Å². The summed E-state index contributed by atoms with van der Waals surface area (Å²) in [7, 11) is 0. The molecule has 104 valence electrons. The first-order valence-electron chi connectivity index (χ1n) is 6.34. The van der Waals surface area contributed by atoms with E-state index in [4.69, 9.17) is 5.11 Å². The first kappa shape index (κ1) is 14.1. The lowest BCUT2D eigenvalue weighted by molar-refractivity contribution is -0.154. The monoisotopic (exact) mass is 272 g/mol. The van der Waals surface area contributed by atoms with E-state index in [-0.39, 0.29) is 6.42 Å². The minimum absolute atomic E-state index is 0.190. The van der Waals surface area contributed by atoms with E-state index in [0.29, 0.717) is 0 Å². The highest BCUT2D eigenvalue weighted by Gasteiger charge is 2.36. The topological polar surface area (TPSA) is 74.6 Å². The van der Waals surface area contributed by atoms with E-state index in [1.165, 1.54) is 6.92 Å². The first-order chi connectivity index (χ1) is 9.42. The molecule has 2 N–H and O–H groups in total. The zero-order chi connectivity index (χ0) is 14.8. The average Bonchev–Trinajstić information content (AvgIpc) is 2.38. The Hall–Kier alpha value is -2.36. The van der Waals surface area contributed by atoms with Crippen LogP contribution in [0.1, 0.15) is 18.9 Å². The molecule has 0 saturated heterocycles. The number of aliphatic carboxylic acids is 2. The van der Waals surface area contributed by atoms with Gasteiger partial charge >= 0.3 is 11.9 Å². The summed E-state index contributed by atoms with van der Waals surface area (Å²) in [4.78, 5) is 22.3. The Balaban J connectivity index is 2.44. The lowest BCUT2D eigenvalue weighted by atomic mass is 9.79. The molecule has 4 heteroatoms. The van der Waals surface area contributed by atoms with E-state index in [1.807, 2.05) is 42.5 Å². The minimum atomic E-state index is -1.31. The van der Waals surface area contributed by atoms with E-state index in [0.717, 1.165) is 16.3 Å². The van der Waals surface area contributed by atoms with Gasteiger partial charge in [0, 0.05) is 0 Å². The van der Waals surface area contributed by atoms with Crippen molar-refractivity contribution in [2.45, 2.75) is 19.8 Å². The van der Waals surface area contributed by atoms with Crippen LogP contribution in [0.2, 0.25) is 0 Å². The molecule has 1 atom stereocenters. The second kappa shape index (κ2) is 5.33. The fourth-order valence-electron chi connectivity index (χ4n) is 2.41. The van der Waals surface area contributed by atoms with E-state index in [1.54, 1.807) is 0 Å². The predicted octanol–water partition coefficient (Wildman–Crippen LogP) is 2.95. The van der Waals surface area contributed by atoms with Crippen molar-refractivity contribution < 1.29 is 19.8 Å². The molecule has 2 aromatic rings. The number of carboxylic acid groups (broad SMARTS) is 2. The van der Waals surface area contributed by atoms with Crippen molar-refractivity contribution >= 4 is 22.7 Å². The molecular formula is C16H16O4. The highest BCUT2D eigenvalue weighted by molar-refractivity contribution is 5.87. The zero-order valence-corrected chi connectivity index (χ0v) is 11.2. The third kappa shape index (κ3) is 2.79. The molecule has 2 aromatic carbocycles. The van der Waals surface area contributed by atoms with E-state index in [9.17, 15) is 14.7 Å². The Kier molecular flexibility index (Phi) is 3.74. The third-order valence-corrected chi connectivity index (χ3v) is 3.52. The SMILES string of the molecule is CC(CC(=O)O)(Cc1cccc2ccccc12)C(=O)O. The summed E-state index contributed by atoms with van der Waals surface area (Å²) in [6, 6.07) is 13.4. The predicted molar refractivity (Wildman–Crippen MR) is 75.6 cm³/mol. The fraction of sp³-hybridized carbons (Fsp3) is 0.250. The largest absolute Gasteiger partial charge is 0.481 e. The Bertz CT molecular complexity index is 657. The number of benzene rings is 2. The van der Waals surface area contributed by atoms with Gasteiger partial charge in [0.15, 0.2) is 0 Å². The van der Waals surface area contributed by atoms with Gasteiger partial charge in [0.05, 0.1) is 11.8 Å². The first-order valence-corrected chi connectivity index (χ1v) is 6.34. The molecule has 0 aromatic heterocycles. The lowest BCUT2D eigenvalue weighted by Crippen LogP contribution is -2.32. The van der Waals surface area contributed by atoms with Gasteiger partial charge in [-0.15, -0.1) is 0 Å². The van der Waals surface area contributed by atoms with Crippen LogP contribution < -0.4 is 0 Å². The van der Waals surface area contributed by atoms with Crippen LogP contribution in [0.4, 0.5) is 0 Å². The summed E-state index contributed by atoms with van der Waals surface area (Å²) in [6.07, 6.45) is -0.207. The number of rotatable bonds is 5. The summed E-state index contributed by atoms with van der Waals surface area (Å²) in [5.41, 5.74) is -0.454. The van der Waals surface area contributed by atoms with Crippen molar-refractivity contribution in [3.8, 4) is 0 Å². The Labute approximate surface area is 116 Å². The maximum absolute atomic E-state index is 11.4. The number of carboxylic acids is 2. The van der Waals surface area contributed by atoms with Gasteiger partial charge in [0.25, 0.3) is 0 Å². The molecule has 0 aliphatic carbocycles. The second-order valence-electron chi connectivity index (χ2n) is 5.25. The number of hydrogen-bond acceptors (Lipinski definition) is 2. The molecule has 0 amide bonds. The van der Waals surface area contributed by atoms with Gasteiger partial charge in [0.1, 0.15) is 0 Å². The molecule has 0 bridgehead atoms. The Morgan fingerprint density at radius 1 is 1.05 bits per heavy atom. The summed E-state index contributed by atoms with van der Waals surface area (Å²) in [5.74, 6) is -2.19. The molecule has 0 fully saturated rings. The molecule has 0 saturated carbocycles. The Morgan fingerprint density at radius 2 is 1.70 bits per heavy atom. The van der Waals surface area contributed by atoms with Gasteiger partial charge in [-0.05, 0) is 29.7 Å². The number of hydrogen-bond donors (Lipinski definition) is 2. The molecule has 0 aliphatic rings. The van der Waals surface area contributed by atoms with Crippen molar-refractivity contribution in [1.82, 2.24) is 0 Å². The smallest absolute Gasteiger partial charge is 0.310 e. The summed E-state index contributed by atoms with van der Waals surface area (Å²) >= 11 is 0. The summed E-state index contributed by atoms with van der Waals surface area (Å²) in [6.45, 7) is 1.48. The fourth-order valence-corrected chi connectivity index (χ4v) is 2.41. The van der Waals surface area contributed by atoms with Crippen molar-refractivity contribution in [2.24, 2.45) is 5.41 Å². The second-order valence-corrected chi connectivity index (χ2v) is 5.25. The van der Waals surface area contributed by atoms with Gasteiger partial charge in [-0.25, -0.2) is 0 Å². The van der Waals surface area contributed by atoms with Crippen molar-refractivity contribution in [2.75, 3.05) is 0 Å². The zero-order valence-electron chi connectivity index (χ0n) is 11.2. The molecule has 0 aliphatic heterocycles. The quantitative estimate of drug-likeness (QED) is 0.877.